The molecule has 1 aromatic carbocycles. The van der Waals surface area contributed by atoms with E-state index >= 15 is 0 Å². The van der Waals surface area contributed by atoms with Crippen molar-refractivity contribution in [2.75, 3.05) is 0 Å². The molecule has 0 heterocycles. The van der Waals surface area contributed by atoms with Crippen LogP contribution >= 0.6 is 0 Å². The molecule has 2 rings (SSSR count). The minimum atomic E-state index is -4.21. The molecule has 0 radical (unpaired) electrons. The molecule has 1 unspecified atom stereocenters. The van der Waals surface area contributed by atoms with E-state index in [0.29, 0.717) is 5.92 Å². The van der Waals surface area contributed by atoms with Gasteiger partial charge in [0.2, 0.25) is 0 Å². The average molecular weight is 228 g/mol. The zero-order valence-corrected chi connectivity index (χ0v) is 9.27. The van der Waals surface area contributed by atoms with Gasteiger partial charge in [-0.25, -0.2) is 0 Å². The molecular formula is C13H15F3. The summed E-state index contributed by atoms with van der Waals surface area (Å²) in [7, 11) is 0. The van der Waals surface area contributed by atoms with Crippen molar-refractivity contribution in [3.8, 4) is 0 Å². The summed E-state index contributed by atoms with van der Waals surface area (Å²) in [5.74, 6) is 0.335. The van der Waals surface area contributed by atoms with Crippen LogP contribution < -0.4 is 0 Å². The van der Waals surface area contributed by atoms with Crippen LogP contribution in [0, 0.1) is 0 Å². The molecule has 0 aromatic heterocycles. The zero-order chi connectivity index (χ0) is 11.8. The number of aryl methyl sites for hydroxylation is 1. The summed E-state index contributed by atoms with van der Waals surface area (Å²) < 4.78 is 37.7. The van der Waals surface area contributed by atoms with Crippen LogP contribution in [-0.2, 0) is 12.6 Å². The van der Waals surface area contributed by atoms with Crippen molar-refractivity contribution in [1.29, 1.82) is 0 Å². The Morgan fingerprint density at radius 2 is 2.06 bits per heavy atom. The first-order valence-corrected chi connectivity index (χ1v) is 5.72. The molecule has 0 saturated heterocycles. The van der Waals surface area contributed by atoms with E-state index in [1.165, 1.54) is 12.1 Å². The fourth-order valence-electron chi connectivity index (χ4n) is 2.51. The Morgan fingerprint density at radius 3 is 2.69 bits per heavy atom. The lowest BCUT2D eigenvalue weighted by atomic mass is 9.95. The zero-order valence-electron chi connectivity index (χ0n) is 9.27. The lowest BCUT2D eigenvalue weighted by Gasteiger charge is -2.13. The van der Waals surface area contributed by atoms with E-state index in [0.717, 1.165) is 36.8 Å². The van der Waals surface area contributed by atoms with Crippen LogP contribution in [0.1, 0.15) is 48.8 Å². The molecule has 1 aliphatic rings. The number of rotatable bonds is 2. The molecule has 1 atom stereocenters. The lowest BCUT2D eigenvalue weighted by molar-refractivity contribution is -0.137. The number of hydrogen-bond donors (Lipinski definition) is 0. The molecule has 0 nitrogen and oxygen atoms in total. The summed E-state index contributed by atoms with van der Waals surface area (Å²) in [4.78, 5) is 0. The summed E-state index contributed by atoms with van der Waals surface area (Å²) in [5, 5.41) is 0. The van der Waals surface area contributed by atoms with E-state index in [1.54, 1.807) is 6.07 Å². The molecule has 0 aliphatic heterocycles. The number of hydrogen-bond acceptors (Lipinski definition) is 0. The maximum Gasteiger partial charge on any atom is 0.416 e. The second-order valence-electron chi connectivity index (χ2n) is 4.44. The van der Waals surface area contributed by atoms with Gasteiger partial charge in [-0.2, -0.15) is 13.2 Å². The Labute approximate surface area is 93.5 Å². The normalized spacial score (nSPS) is 19.9. The van der Waals surface area contributed by atoms with Crippen molar-refractivity contribution >= 4 is 0 Å². The third-order valence-electron chi connectivity index (χ3n) is 3.31. The summed E-state index contributed by atoms with van der Waals surface area (Å²) in [6, 6.07) is 4.20. The van der Waals surface area contributed by atoms with Gasteiger partial charge in [-0.15, -0.1) is 0 Å². The minimum Gasteiger partial charge on any atom is -0.166 e. The van der Waals surface area contributed by atoms with Gasteiger partial charge in [0.15, 0.2) is 0 Å². The molecule has 16 heavy (non-hydrogen) atoms. The topological polar surface area (TPSA) is 0 Å². The van der Waals surface area contributed by atoms with Crippen LogP contribution in [0.4, 0.5) is 13.2 Å². The second-order valence-corrected chi connectivity index (χ2v) is 4.44. The molecule has 0 amide bonds. The molecule has 1 aliphatic carbocycles. The number of halogens is 3. The van der Waals surface area contributed by atoms with Gasteiger partial charge < -0.3 is 0 Å². The predicted octanol–water partition coefficient (Wildman–Crippen LogP) is 4.54. The molecular weight excluding hydrogens is 213 g/mol. The fourth-order valence-corrected chi connectivity index (χ4v) is 2.51. The van der Waals surface area contributed by atoms with Crippen molar-refractivity contribution in [3.63, 3.8) is 0 Å². The van der Waals surface area contributed by atoms with E-state index in [4.69, 9.17) is 0 Å². The van der Waals surface area contributed by atoms with Crippen molar-refractivity contribution < 1.29 is 13.2 Å². The van der Waals surface area contributed by atoms with Gasteiger partial charge in [0, 0.05) is 0 Å². The first kappa shape index (κ1) is 11.5. The first-order valence-electron chi connectivity index (χ1n) is 5.72. The molecule has 0 spiro atoms. The van der Waals surface area contributed by atoms with Gasteiger partial charge in [-0.3, -0.25) is 0 Å². The first-order chi connectivity index (χ1) is 7.52. The Balaban J connectivity index is 2.34. The largest absolute Gasteiger partial charge is 0.416 e. The monoisotopic (exact) mass is 228 g/mol. The van der Waals surface area contributed by atoms with Gasteiger partial charge in [0.25, 0.3) is 0 Å². The quantitative estimate of drug-likeness (QED) is 0.697. The molecule has 1 aromatic rings. The Hall–Kier alpha value is -0.990. The maximum atomic E-state index is 12.6. The second kappa shape index (κ2) is 4.11. The predicted molar refractivity (Wildman–Crippen MR) is 57.4 cm³/mol. The molecule has 0 saturated carbocycles. The Bertz CT molecular complexity index is 377. The Morgan fingerprint density at radius 1 is 1.31 bits per heavy atom. The number of fused-ring (bicyclic) bond motifs is 1. The summed E-state index contributed by atoms with van der Waals surface area (Å²) >= 11 is 0. The van der Waals surface area contributed by atoms with Gasteiger partial charge >= 0.3 is 6.18 Å². The van der Waals surface area contributed by atoms with E-state index in [2.05, 4.69) is 6.92 Å². The van der Waals surface area contributed by atoms with Gasteiger partial charge in [-0.1, -0.05) is 19.4 Å². The standard InChI is InChI=1S/C13H15F3/c1-2-3-9-4-5-10-6-7-11(8-12(9)10)13(14,15)16/h6-9H,2-5H2,1H3. The summed E-state index contributed by atoms with van der Waals surface area (Å²) in [6.45, 7) is 2.08. The minimum absolute atomic E-state index is 0.335. The van der Waals surface area contributed by atoms with Crippen molar-refractivity contribution in [2.45, 2.75) is 44.7 Å². The van der Waals surface area contributed by atoms with Crippen molar-refractivity contribution in [3.05, 3.63) is 34.9 Å². The van der Waals surface area contributed by atoms with E-state index < -0.39 is 11.7 Å². The number of benzene rings is 1. The molecule has 0 N–H and O–H groups in total. The third kappa shape index (κ3) is 2.08. The van der Waals surface area contributed by atoms with Gasteiger partial charge in [0.1, 0.15) is 0 Å². The molecule has 0 bridgehead atoms. The van der Waals surface area contributed by atoms with E-state index in [1.807, 2.05) is 0 Å². The van der Waals surface area contributed by atoms with Crippen LogP contribution in [0.3, 0.4) is 0 Å². The van der Waals surface area contributed by atoms with Crippen LogP contribution in [-0.4, -0.2) is 0 Å². The highest BCUT2D eigenvalue weighted by atomic mass is 19.4. The Kier molecular flexibility index (Phi) is 2.96. The van der Waals surface area contributed by atoms with Crippen molar-refractivity contribution in [1.82, 2.24) is 0 Å². The van der Waals surface area contributed by atoms with Crippen molar-refractivity contribution in [2.24, 2.45) is 0 Å². The lowest BCUT2D eigenvalue weighted by Crippen LogP contribution is -2.06. The SMILES string of the molecule is CCCC1CCc2ccc(C(F)(F)F)cc21. The van der Waals surface area contributed by atoms with Gasteiger partial charge in [0.05, 0.1) is 5.56 Å². The highest BCUT2D eigenvalue weighted by molar-refractivity contribution is 5.39. The van der Waals surface area contributed by atoms with Crippen LogP contribution in [0.15, 0.2) is 18.2 Å². The van der Waals surface area contributed by atoms with E-state index in [-0.39, 0.29) is 0 Å². The third-order valence-corrected chi connectivity index (χ3v) is 3.31. The summed E-state index contributed by atoms with van der Waals surface area (Å²) in [6.07, 6.45) is -0.258. The van der Waals surface area contributed by atoms with Crippen LogP contribution in [0.25, 0.3) is 0 Å². The smallest absolute Gasteiger partial charge is 0.166 e. The number of alkyl halides is 3. The van der Waals surface area contributed by atoms with Gasteiger partial charge in [-0.05, 0) is 48.4 Å². The highest BCUT2D eigenvalue weighted by Gasteiger charge is 2.32. The molecule has 3 heteroatoms. The summed E-state index contributed by atoms with van der Waals surface area (Å²) in [5.41, 5.74) is 1.53. The molecule has 88 valence electrons. The van der Waals surface area contributed by atoms with Crippen LogP contribution in [0.5, 0.6) is 0 Å². The average Bonchev–Trinajstić information content (AvgIpc) is 2.60. The highest BCUT2D eigenvalue weighted by Crippen LogP contribution is 2.39. The molecule has 0 fully saturated rings. The maximum absolute atomic E-state index is 12.6. The van der Waals surface area contributed by atoms with Crippen LogP contribution in [0.2, 0.25) is 0 Å². The fraction of sp³-hybridized carbons (Fsp3) is 0.538. The van der Waals surface area contributed by atoms with E-state index in [9.17, 15) is 13.2 Å².